The molecule has 2 aliphatic rings. The number of aromatic nitrogens is 2. The average Bonchev–Trinajstić information content (AvgIpc) is 4.06. The zero-order chi connectivity index (χ0) is 52.2. The van der Waals surface area contributed by atoms with Gasteiger partial charge in [0.25, 0.3) is 0 Å². The van der Waals surface area contributed by atoms with Gasteiger partial charge < -0.3 is 18.5 Å². The van der Waals surface area contributed by atoms with Gasteiger partial charge in [-0.2, -0.15) is 0 Å². The Morgan fingerprint density at radius 3 is 1.62 bits per heavy atom. The fourth-order valence-electron chi connectivity index (χ4n) is 12.7. The van der Waals surface area contributed by atoms with Gasteiger partial charge in [-0.25, -0.2) is 0 Å². The summed E-state index contributed by atoms with van der Waals surface area (Å²) in [6.07, 6.45) is 3.12. The molecule has 0 saturated heterocycles. The number of benzene rings is 9. The molecule has 0 atom stereocenters. The fourth-order valence-corrected chi connectivity index (χ4v) is 13.9. The Labute approximate surface area is 451 Å². The Kier molecular flexibility index (Phi) is 10.4. The maximum Gasteiger partial charge on any atom is 0.249 e. The highest BCUT2D eigenvalue weighted by atomic mass is 32.2. The molecule has 4 nitrogen and oxygen atoms in total. The zero-order valence-corrected chi connectivity index (χ0v) is 46.3. The zero-order valence-electron chi connectivity index (χ0n) is 45.5. The number of hydrogen-bond donors (Lipinski definition) is 0. The molecule has 14 rings (SSSR count). The number of aryl methyl sites for hydroxylation is 1. The maximum atomic E-state index is 6.67. The van der Waals surface area contributed by atoms with Crippen molar-refractivity contribution >= 4 is 117 Å². The van der Waals surface area contributed by atoms with E-state index in [9.17, 15) is 0 Å². The summed E-state index contributed by atoms with van der Waals surface area (Å²) in [6, 6.07) is 65.3. The molecule has 9 aromatic carbocycles. The first-order chi connectivity index (χ1) is 36.5. The van der Waals surface area contributed by atoms with Crippen LogP contribution < -0.4 is 21.3 Å². The Morgan fingerprint density at radius 1 is 0.434 bits per heavy atom. The molecule has 2 aliphatic heterocycles. The Bertz CT molecular complexity index is 4390. The van der Waals surface area contributed by atoms with Crippen LogP contribution in [0.3, 0.4) is 0 Å². The van der Waals surface area contributed by atoms with Gasteiger partial charge in [0.1, 0.15) is 11.2 Å². The first kappa shape index (κ1) is 47.1. The number of nitrogens with zero attached hydrogens (tertiary/aromatic N) is 3. The molecule has 6 heteroatoms. The van der Waals surface area contributed by atoms with Gasteiger partial charge in [-0.1, -0.05) is 172 Å². The van der Waals surface area contributed by atoms with Crippen molar-refractivity contribution in [3.8, 4) is 11.4 Å². The molecule has 374 valence electrons. The number of anilines is 3. The summed E-state index contributed by atoms with van der Waals surface area (Å²) in [5.41, 5.74) is 22.1. The highest BCUT2D eigenvalue weighted by Crippen LogP contribution is 2.48. The largest absolute Gasteiger partial charge is 0.456 e. The topological polar surface area (TPSA) is 26.2 Å². The summed E-state index contributed by atoms with van der Waals surface area (Å²) < 4.78 is 11.7. The second kappa shape index (κ2) is 16.8. The monoisotopic (exact) mass is 1010 g/mol. The Morgan fingerprint density at radius 2 is 1.00 bits per heavy atom. The van der Waals surface area contributed by atoms with Crippen molar-refractivity contribution < 1.29 is 4.42 Å². The molecule has 0 spiro atoms. The summed E-state index contributed by atoms with van der Waals surface area (Å²) in [6.45, 7) is 23.3. The molecule has 0 bridgehead atoms. The third kappa shape index (κ3) is 7.19. The lowest BCUT2D eigenvalue weighted by molar-refractivity contribution is 0.589. The van der Waals surface area contributed by atoms with Gasteiger partial charge in [-0.3, -0.25) is 0 Å². The second-order valence-electron chi connectivity index (χ2n) is 24.8. The number of para-hydroxylation sites is 3. The van der Waals surface area contributed by atoms with Crippen molar-refractivity contribution in [3.63, 3.8) is 0 Å². The Balaban J connectivity index is 1.05. The first-order valence-corrected chi connectivity index (χ1v) is 28.3. The highest BCUT2D eigenvalue weighted by molar-refractivity contribution is 8.00. The maximum absolute atomic E-state index is 6.67. The van der Waals surface area contributed by atoms with E-state index in [0.717, 1.165) is 46.9 Å². The normalized spacial score (nSPS) is 13.7. The number of furan rings is 1. The SMILES string of the molecule is CCCCc1cc2oc3ccccc3c2cc1N1c2cc(-n3c4ccccc4c4cc(C(C)(C)C)ccc43)ccc2B2c3ccc(-n4c5ccccc5c5cc(C(C)(C)C)ccc54)cc3Sc3cc(C(C)(C)C)cc1c32. The fraction of sp³-hybridized carbons (Fsp3) is 0.229. The van der Waals surface area contributed by atoms with E-state index < -0.39 is 0 Å². The standard InChI is InChI=1S/C70H64BN3OS/c1-11-12-19-42-34-64-53(50-22-15-18-25-63(50)75-64)41-60(42)74-61-39-46(72-56-23-16-13-20-48(56)51-35-43(68(2,3)4)26-32-58(51)72)28-30-54(61)71-55-31-29-47(40-65(55)76-66-38-45(70(8,9)10)37-62(74)67(66)71)73-57-24-17-14-21-49(57)52-36-44(69(5,6)7)27-33-59(52)73/h13-18,20-41H,11-12,19H2,1-10H3. The molecule has 0 unspecified atom stereocenters. The van der Waals surface area contributed by atoms with E-state index in [1.54, 1.807) is 0 Å². The minimum atomic E-state index is -0.114. The molecule has 3 aromatic heterocycles. The van der Waals surface area contributed by atoms with Crippen LogP contribution in [-0.2, 0) is 22.7 Å². The van der Waals surface area contributed by atoms with E-state index >= 15 is 0 Å². The summed E-state index contributed by atoms with van der Waals surface area (Å²) in [5.74, 6) is 0. The number of rotatable bonds is 6. The van der Waals surface area contributed by atoms with E-state index in [0.29, 0.717) is 0 Å². The van der Waals surface area contributed by atoms with Gasteiger partial charge in [-0.15, -0.1) is 0 Å². The molecule has 0 fully saturated rings. The molecule has 76 heavy (non-hydrogen) atoms. The van der Waals surface area contributed by atoms with Crippen LogP contribution in [0.4, 0.5) is 17.1 Å². The quantitative estimate of drug-likeness (QED) is 0.155. The van der Waals surface area contributed by atoms with Gasteiger partial charge >= 0.3 is 0 Å². The van der Waals surface area contributed by atoms with Crippen molar-refractivity contribution in [3.05, 3.63) is 192 Å². The van der Waals surface area contributed by atoms with Crippen molar-refractivity contribution in [2.45, 2.75) is 115 Å². The van der Waals surface area contributed by atoms with E-state index in [2.05, 4.69) is 253 Å². The Hall–Kier alpha value is -7.41. The van der Waals surface area contributed by atoms with E-state index in [4.69, 9.17) is 4.42 Å². The van der Waals surface area contributed by atoms with Gasteiger partial charge in [0.2, 0.25) is 6.71 Å². The predicted octanol–water partition coefficient (Wildman–Crippen LogP) is 17.8. The molecule has 0 saturated carbocycles. The summed E-state index contributed by atoms with van der Waals surface area (Å²) in [7, 11) is 0. The van der Waals surface area contributed by atoms with Crippen LogP contribution in [0.25, 0.3) is 76.9 Å². The lowest BCUT2D eigenvalue weighted by Gasteiger charge is -2.42. The minimum absolute atomic E-state index is 0.00202. The minimum Gasteiger partial charge on any atom is -0.456 e. The second-order valence-corrected chi connectivity index (χ2v) is 25.9. The van der Waals surface area contributed by atoms with Crippen molar-refractivity contribution in [1.82, 2.24) is 9.13 Å². The lowest BCUT2D eigenvalue weighted by atomic mass is 9.34. The summed E-state index contributed by atoms with van der Waals surface area (Å²) >= 11 is 1.95. The van der Waals surface area contributed by atoms with E-state index in [1.165, 1.54) is 115 Å². The molecule has 5 heterocycles. The molecular weight excluding hydrogens is 942 g/mol. The van der Waals surface area contributed by atoms with Gasteiger partial charge in [0.05, 0.1) is 27.8 Å². The van der Waals surface area contributed by atoms with Crippen LogP contribution >= 0.6 is 11.8 Å². The summed E-state index contributed by atoms with van der Waals surface area (Å²) in [5, 5.41) is 7.44. The van der Waals surface area contributed by atoms with Crippen LogP contribution in [0.5, 0.6) is 0 Å². The molecule has 0 radical (unpaired) electrons. The van der Waals surface area contributed by atoms with Crippen LogP contribution in [0, 0.1) is 0 Å². The van der Waals surface area contributed by atoms with Crippen LogP contribution in [-0.4, -0.2) is 15.8 Å². The van der Waals surface area contributed by atoms with E-state index in [1.807, 2.05) is 11.8 Å². The molecule has 12 aromatic rings. The number of hydrogen-bond acceptors (Lipinski definition) is 3. The van der Waals surface area contributed by atoms with E-state index in [-0.39, 0.29) is 23.0 Å². The van der Waals surface area contributed by atoms with Crippen LogP contribution in [0.2, 0.25) is 0 Å². The predicted molar refractivity (Wildman–Crippen MR) is 327 cm³/mol. The number of unbranched alkanes of at least 4 members (excludes halogenated alkanes) is 1. The third-order valence-electron chi connectivity index (χ3n) is 16.8. The van der Waals surface area contributed by atoms with Crippen molar-refractivity contribution in [1.29, 1.82) is 0 Å². The lowest BCUT2D eigenvalue weighted by Crippen LogP contribution is -2.60. The van der Waals surface area contributed by atoms with Crippen molar-refractivity contribution in [2.24, 2.45) is 0 Å². The summed E-state index contributed by atoms with van der Waals surface area (Å²) in [4.78, 5) is 5.31. The van der Waals surface area contributed by atoms with Gasteiger partial charge in [0, 0.05) is 64.9 Å². The smallest absolute Gasteiger partial charge is 0.249 e. The third-order valence-corrected chi connectivity index (χ3v) is 18.0. The van der Waals surface area contributed by atoms with Crippen LogP contribution in [0.1, 0.15) is 104 Å². The molecular formula is C70H64BN3OS. The molecule has 0 aliphatic carbocycles. The molecule has 0 amide bonds. The first-order valence-electron chi connectivity index (χ1n) is 27.5. The average molecular weight is 1010 g/mol. The number of fused-ring (bicyclic) bond motifs is 13. The van der Waals surface area contributed by atoms with Gasteiger partial charge in [-0.05, 0) is 153 Å². The van der Waals surface area contributed by atoms with Gasteiger partial charge in [0.15, 0.2) is 0 Å². The molecule has 0 N–H and O–H groups in total. The van der Waals surface area contributed by atoms with Crippen molar-refractivity contribution in [2.75, 3.05) is 4.90 Å². The van der Waals surface area contributed by atoms with Crippen LogP contribution in [0.15, 0.2) is 184 Å². The highest BCUT2D eigenvalue weighted by Gasteiger charge is 2.43.